The van der Waals surface area contributed by atoms with Crippen molar-refractivity contribution in [3.8, 4) is 5.75 Å². The first-order valence-corrected chi connectivity index (χ1v) is 11.2. The van der Waals surface area contributed by atoms with Crippen LogP contribution in [0.5, 0.6) is 5.75 Å². The first kappa shape index (κ1) is 21.3. The van der Waals surface area contributed by atoms with Crippen molar-refractivity contribution in [3.63, 3.8) is 0 Å². The van der Waals surface area contributed by atoms with E-state index in [9.17, 15) is 9.59 Å². The maximum absolute atomic E-state index is 12.5. The molecule has 1 aliphatic heterocycles. The van der Waals surface area contributed by atoms with Crippen LogP contribution in [0.4, 0.5) is 10.5 Å². The predicted octanol–water partition coefficient (Wildman–Crippen LogP) is 3.92. The standard InChI is InChI=1S/C24H30N4O3/c29-23(20-6-2-1-3-7-20)26-21-8-10-22(11-9-21)31-24(30)28-15-13-27(14-16-28)18-19-5-4-12-25-17-19/h4-5,8-12,17,20H,1-3,6-7,13-16,18H2,(H,26,29). The number of amides is 2. The van der Waals surface area contributed by atoms with Gasteiger partial charge in [0.15, 0.2) is 0 Å². The van der Waals surface area contributed by atoms with E-state index in [-0.39, 0.29) is 17.9 Å². The van der Waals surface area contributed by atoms with Crippen LogP contribution < -0.4 is 10.1 Å². The van der Waals surface area contributed by atoms with Gasteiger partial charge in [-0.25, -0.2) is 4.79 Å². The second-order valence-corrected chi connectivity index (χ2v) is 8.34. The fraction of sp³-hybridized carbons (Fsp3) is 0.458. The van der Waals surface area contributed by atoms with Crippen molar-refractivity contribution >= 4 is 17.7 Å². The Morgan fingerprint density at radius 2 is 1.74 bits per heavy atom. The molecule has 1 aliphatic carbocycles. The molecule has 1 saturated carbocycles. The lowest BCUT2D eigenvalue weighted by molar-refractivity contribution is -0.120. The molecule has 2 aliphatic rings. The monoisotopic (exact) mass is 422 g/mol. The van der Waals surface area contributed by atoms with E-state index in [1.165, 1.54) is 12.0 Å². The third-order valence-electron chi connectivity index (χ3n) is 6.06. The van der Waals surface area contributed by atoms with Crippen LogP contribution in [0.15, 0.2) is 48.8 Å². The van der Waals surface area contributed by atoms with E-state index in [2.05, 4.69) is 21.3 Å². The Hall–Kier alpha value is -2.93. The lowest BCUT2D eigenvalue weighted by Crippen LogP contribution is -2.49. The lowest BCUT2D eigenvalue weighted by atomic mass is 9.88. The van der Waals surface area contributed by atoms with Gasteiger partial charge in [-0.3, -0.25) is 14.7 Å². The number of nitrogens with one attached hydrogen (secondary N) is 1. The SMILES string of the molecule is O=C(Nc1ccc(OC(=O)N2CCN(Cc3cccnc3)CC2)cc1)C1CCCCC1. The molecule has 164 valence electrons. The number of nitrogens with zero attached hydrogens (tertiary/aromatic N) is 3. The third-order valence-corrected chi connectivity index (χ3v) is 6.06. The summed E-state index contributed by atoms with van der Waals surface area (Å²) in [7, 11) is 0. The molecule has 1 aromatic heterocycles. The van der Waals surface area contributed by atoms with Gasteiger partial charge in [0.2, 0.25) is 5.91 Å². The Kier molecular flexibility index (Phi) is 7.14. The third kappa shape index (κ3) is 6.04. The van der Waals surface area contributed by atoms with Gasteiger partial charge >= 0.3 is 6.09 Å². The molecule has 2 aromatic rings. The summed E-state index contributed by atoms with van der Waals surface area (Å²) >= 11 is 0. The van der Waals surface area contributed by atoms with Crippen LogP contribution >= 0.6 is 0 Å². The van der Waals surface area contributed by atoms with Crippen molar-refractivity contribution in [1.29, 1.82) is 0 Å². The fourth-order valence-corrected chi connectivity index (χ4v) is 4.22. The molecule has 0 spiro atoms. The average molecular weight is 423 g/mol. The predicted molar refractivity (Wildman–Crippen MR) is 119 cm³/mol. The molecule has 31 heavy (non-hydrogen) atoms. The number of carbonyl (C=O) groups excluding carboxylic acids is 2. The number of pyridine rings is 1. The molecule has 0 unspecified atom stereocenters. The zero-order chi connectivity index (χ0) is 21.5. The zero-order valence-electron chi connectivity index (χ0n) is 17.8. The van der Waals surface area contributed by atoms with Crippen LogP contribution in [0.25, 0.3) is 0 Å². The maximum atomic E-state index is 12.5. The molecule has 4 rings (SSSR count). The number of ether oxygens (including phenoxy) is 1. The van der Waals surface area contributed by atoms with Gasteiger partial charge in [0.1, 0.15) is 5.75 Å². The minimum atomic E-state index is -0.333. The van der Waals surface area contributed by atoms with Crippen molar-refractivity contribution in [1.82, 2.24) is 14.8 Å². The highest BCUT2D eigenvalue weighted by molar-refractivity contribution is 5.92. The fourth-order valence-electron chi connectivity index (χ4n) is 4.22. The highest BCUT2D eigenvalue weighted by Gasteiger charge is 2.23. The normalized spacial score (nSPS) is 17.9. The summed E-state index contributed by atoms with van der Waals surface area (Å²) < 4.78 is 5.53. The zero-order valence-corrected chi connectivity index (χ0v) is 17.8. The Morgan fingerprint density at radius 1 is 1.00 bits per heavy atom. The second kappa shape index (κ2) is 10.4. The number of carbonyl (C=O) groups is 2. The van der Waals surface area contributed by atoms with Crippen molar-refractivity contribution in [2.45, 2.75) is 38.6 Å². The smallest absolute Gasteiger partial charge is 0.410 e. The van der Waals surface area contributed by atoms with E-state index in [0.29, 0.717) is 18.8 Å². The highest BCUT2D eigenvalue weighted by atomic mass is 16.6. The molecular weight excluding hydrogens is 392 g/mol. The van der Waals surface area contributed by atoms with Crippen LogP contribution in [-0.2, 0) is 11.3 Å². The summed E-state index contributed by atoms with van der Waals surface area (Å²) in [6.45, 7) is 3.71. The minimum absolute atomic E-state index is 0.0913. The Balaban J connectivity index is 1.22. The van der Waals surface area contributed by atoms with Crippen LogP contribution in [0.3, 0.4) is 0 Å². The van der Waals surface area contributed by atoms with Gasteiger partial charge in [-0.2, -0.15) is 0 Å². The molecule has 2 fully saturated rings. The molecular formula is C24H30N4O3. The van der Waals surface area contributed by atoms with Crippen LogP contribution in [-0.4, -0.2) is 53.0 Å². The van der Waals surface area contributed by atoms with Crippen LogP contribution in [0.2, 0.25) is 0 Å². The number of benzene rings is 1. The van der Waals surface area contributed by atoms with Gasteiger partial charge in [-0.05, 0) is 48.7 Å². The number of aromatic nitrogens is 1. The summed E-state index contributed by atoms with van der Waals surface area (Å²) in [5.41, 5.74) is 1.91. The van der Waals surface area contributed by atoms with Crippen molar-refractivity contribution < 1.29 is 14.3 Å². The molecule has 1 aromatic carbocycles. The number of piperazine rings is 1. The van der Waals surface area contributed by atoms with E-state index in [0.717, 1.165) is 51.0 Å². The van der Waals surface area contributed by atoms with E-state index < -0.39 is 0 Å². The number of anilines is 1. The van der Waals surface area contributed by atoms with E-state index in [4.69, 9.17) is 4.74 Å². The number of hydrogen-bond donors (Lipinski definition) is 1. The molecule has 2 heterocycles. The Bertz CT molecular complexity index is 858. The molecule has 7 nitrogen and oxygen atoms in total. The summed E-state index contributed by atoms with van der Waals surface area (Å²) in [5.74, 6) is 0.690. The summed E-state index contributed by atoms with van der Waals surface area (Å²) in [5, 5.41) is 2.98. The molecule has 1 N–H and O–H groups in total. The van der Waals surface area contributed by atoms with Gasteiger partial charge in [0, 0.05) is 56.7 Å². The van der Waals surface area contributed by atoms with E-state index in [1.807, 2.05) is 12.3 Å². The summed E-state index contributed by atoms with van der Waals surface area (Å²) in [6.07, 6.45) is 8.74. The van der Waals surface area contributed by atoms with Gasteiger partial charge in [0.25, 0.3) is 0 Å². The average Bonchev–Trinajstić information content (AvgIpc) is 2.82. The topological polar surface area (TPSA) is 74.8 Å². The number of rotatable bonds is 5. The van der Waals surface area contributed by atoms with Crippen LogP contribution in [0, 0.1) is 5.92 Å². The molecule has 0 radical (unpaired) electrons. The molecule has 0 bridgehead atoms. The summed E-state index contributed by atoms with van der Waals surface area (Å²) in [6, 6.07) is 11.0. The molecule has 7 heteroatoms. The van der Waals surface area contributed by atoms with Crippen molar-refractivity contribution in [3.05, 3.63) is 54.4 Å². The van der Waals surface area contributed by atoms with Crippen molar-refractivity contribution in [2.75, 3.05) is 31.5 Å². The van der Waals surface area contributed by atoms with Crippen LogP contribution in [0.1, 0.15) is 37.7 Å². The quantitative estimate of drug-likeness (QED) is 0.791. The first-order chi connectivity index (χ1) is 15.2. The van der Waals surface area contributed by atoms with Gasteiger partial charge < -0.3 is 15.0 Å². The molecule has 0 atom stereocenters. The Labute approximate surface area is 183 Å². The largest absolute Gasteiger partial charge is 0.415 e. The van der Waals surface area contributed by atoms with Gasteiger partial charge in [0.05, 0.1) is 0 Å². The number of hydrogen-bond acceptors (Lipinski definition) is 5. The molecule has 2 amide bonds. The highest BCUT2D eigenvalue weighted by Crippen LogP contribution is 2.25. The Morgan fingerprint density at radius 3 is 2.42 bits per heavy atom. The van der Waals surface area contributed by atoms with Gasteiger partial charge in [-0.15, -0.1) is 0 Å². The second-order valence-electron chi connectivity index (χ2n) is 8.34. The maximum Gasteiger partial charge on any atom is 0.415 e. The molecule has 1 saturated heterocycles. The van der Waals surface area contributed by atoms with Crippen molar-refractivity contribution in [2.24, 2.45) is 5.92 Å². The van der Waals surface area contributed by atoms with E-state index >= 15 is 0 Å². The summed E-state index contributed by atoms with van der Waals surface area (Å²) in [4.78, 5) is 33.1. The first-order valence-electron chi connectivity index (χ1n) is 11.2. The van der Waals surface area contributed by atoms with E-state index in [1.54, 1.807) is 35.4 Å². The van der Waals surface area contributed by atoms with Gasteiger partial charge in [-0.1, -0.05) is 25.3 Å². The minimum Gasteiger partial charge on any atom is -0.410 e. The lowest BCUT2D eigenvalue weighted by Gasteiger charge is -2.33.